The second-order valence-electron chi connectivity index (χ2n) is 8.78. The van der Waals surface area contributed by atoms with E-state index in [1.165, 1.54) is 6.26 Å². The van der Waals surface area contributed by atoms with Crippen molar-refractivity contribution in [2.24, 2.45) is 11.8 Å². The van der Waals surface area contributed by atoms with Crippen molar-refractivity contribution in [3.63, 3.8) is 0 Å². The van der Waals surface area contributed by atoms with Crippen molar-refractivity contribution in [1.82, 2.24) is 4.90 Å². The number of hydrogen-bond acceptors (Lipinski definition) is 4. The second-order valence-corrected chi connectivity index (χ2v) is 8.78. The first-order chi connectivity index (χ1) is 14.1. The number of nitrogens with zero attached hydrogens (tertiary/aromatic N) is 2. The van der Waals surface area contributed by atoms with Crippen LogP contribution in [0.25, 0.3) is 0 Å². The molecule has 1 unspecified atom stereocenters. The van der Waals surface area contributed by atoms with Crippen LogP contribution in [-0.4, -0.2) is 36.9 Å². The molecule has 2 amide bonds. The largest absolute Gasteiger partial charge is 0.459 e. The molecule has 0 saturated heterocycles. The number of amides is 2. The van der Waals surface area contributed by atoms with Gasteiger partial charge in [-0.15, -0.1) is 0 Å². The molecule has 0 aliphatic carbocycles. The zero-order valence-corrected chi connectivity index (χ0v) is 19.2. The number of nitrogens with one attached hydrogen (secondary N) is 1. The first-order valence-corrected chi connectivity index (χ1v) is 10.5. The molecule has 0 fully saturated rings. The Morgan fingerprint density at radius 3 is 2.30 bits per heavy atom. The van der Waals surface area contributed by atoms with Gasteiger partial charge in [-0.2, -0.15) is 0 Å². The number of carbonyl (C=O) groups is 2. The number of hydrogen-bond donors (Lipinski definition) is 1. The molecule has 0 bridgehead atoms. The van der Waals surface area contributed by atoms with Crippen molar-refractivity contribution in [2.75, 3.05) is 24.3 Å². The summed E-state index contributed by atoms with van der Waals surface area (Å²) in [6.45, 7) is 10.7. The number of anilines is 2. The fraction of sp³-hybridized carbons (Fsp3) is 0.500. The molecule has 0 aliphatic rings. The zero-order valence-electron chi connectivity index (χ0n) is 19.2. The Balaban J connectivity index is 2.37. The zero-order chi connectivity index (χ0) is 22.4. The van der Waals surface area contributed by atoms with Gasteiger partial charge in [0.15, 0.2) is 5.76 Å². The van der Waals surface area contributed by atoms with E-state index in [2.05, 4.69) is 26.1 Å². The summed E-state index contributed by atoms with van der Waals surface area (Å²) in [6, 6.07) is 9.27. The van der Waals surface area contributed by atoms with E-state index >= 15 is 0 Å². The van der Waals surface area contributed by atoms with Crippen molar-refractivity contribution in [3.8, 4) is 0 Å². The topological polar surface area (TPSA) is 65.8 Å². The van der Waals surface area contributed by atoms with E-state index in [4.69, 9.17) is 4.42 Å². The number of rotatable bonds is 9. The summed E-state index contributed by atoms with van der Waals surface area (Å²) in [5, 5.41) is 2.98. The molecule has 0 spiro atoms. The quantitative estimate of drug-likeness (QED) is 0.627. The SMILES string of the molecule is CC(C)CC(=O)Nc1ccc(N(C)C)c(CN(C(=O)c2ccco2)C(C)C(C)C)c1. The van der Waals surface area contributed by atoms with Gasteiger partial charge in [-0.25, -0.2) is 0 Å². The van der Waals surface area contributed by atoms with Crippen LogP contribution < -0.4 is 10.2 Å². The molecule has 2 rings (SSSR count). The summed E-state index contributed by atoms with van der Waals surface area (Å²) in [4.78, 5) is 29.3. The average molecular weight is 414 g/mol. The van der Waals surface area contributed by atoms with Gasteiger partial charge in [0.2, 0.25) is 5.91 Å². The minimum atomic E-state index is -0.139. The lowest BCUT2D eigenvalue weighted by atomic mass is 10.0. The maximum Gasteiger partial charge on any atom is 0.290 e. The van der Waals surface area contributed by atoms with E-state index in [1.807, 2.05) is 55.9 Å². The average Bonchev–Trinajstić information content (AvgIpc) is 3.18. The fourth-order valence-electron chi connectivity index (χ4n) is 3.29. The van der Waals surface area contributed by atoms with Gasteiger partial charge in [0.1, 0.15) is 0 Å². The van der Waals surface area contributed by atoms with Gasteiger partial charge < -0.3 is 19.5 Å². The molecule has 30 heavy (non-hydrogen) atoms. The summed E-state index contributed by atoms with van der Waals surface area (Å²) in [5.41, 5.74) is 2.71. The first kappa shape index (κ1) is 23.5. The molecule has 0 radical (unpaired) electrons. The van der Waals surface area contributed by atoms with Crippen LogP contribution in [0.1, 0.15) is 57.2 Å². The fourth-order valence-corrected chi connectivity index (χ4v) is 3.29. The Labute approximate surface area is 180 Å². The van der Waals surface area contributed by atoms with Gasteiger partial charge in [-0.1, -0.05) is 27.7 Å². The summed E-state index contributed by atoms with van der Waals surface area (Å²) < 4.78 is 5.38. The molecule has 1 heterocycles. The molecule has 1 aromatic heterocycles. The lowest BCUT2D eigenvalue weighted by Gasteiger charge is -2.32. The van der Waals surface area contributed by atoms with Crippen LogP contribution in [0.2, 0.25) is 0 Å². The predicted molar refractivity (Wildman–Crippen MR) is 122 cm³/mol. The van der Waals surface area contributed by atoms with Crippen molar-refractivity contribution in [2.45, 2.75) is 53.6 Å². The lowest BCUT2D eigenvalue weighted by molar-refractivity contribution is -0.116. The van der Waals surface area contributed by atoms with Gasteiger partial charge in [0.05, 0.1) is 6.26 Å². The van der Waals surface area contributed by atoms with Crippen molar-refractivity contribution >= 4 is 23.2 Å². The van der Waals surface area contributed by atoms with Gasteiger partial charge in [0, 0.05) is 44.5 Å². The van der Waals surface area contributed by atoms with Crippen LogP contribution in [0, 0.1) is 11.8 Å². The Bertz CT molecular complexity index is 841. The standard InChI is InChI=1S/C24H35N3O3/c1-16(2)13-23(28)25-20-10-11-21(26(6)7)19(14-20)15-27(18(5)17(3)4)24(29)22-9-8-12-30-22/h8-12,14,16-18H,13,15H2,1-7H3,(H,25,28). The van der Waals surface area contributed by atoms with Gasteiger partial charge in [0.25, 0.3) is 5.91 Å². The molecule has 1 N–H and O–H groups in total. The van der Waals surface area contributed by atoms with E-state index in [0.29, 0.717) is 24.6 Å². The summed E-state index contributed by atoms with van der Waals surface area (Å²) in [6.07, 6.45) is 1.99. The predicted octanol–water partition coefficient (Wildman–Crippen LogP) is 5.02. The summed E-state index contributed by atoms with van der Waals surface area (Å²) in [5.74, 6) is 0.752. The highest BCUT2D eigenvalue weighted by Gasteiger charge is 2.27. The second kappa shape index (κ2) is 10.3. The molecule has 1 aromatic carbocycles. The van der Waals surface area contributed by atoms with E-state index < -0.39 is 0 Å². The molecule has 1 atom stereocenters. The highest BCUT2D eigenvalue weighted by molar-refractivity contribution is 5.92. The minimum Gasteiger partial charge on any atom is -0.459 e. The lowest BCUT2D eigenvalue weighted by Crippen LogP contribution is -2.41. The third-order valence-electron chi connectivity index (χ3n) is 5.23. The molecule has 6 nitrogen and oxygen atoms in total. The molecule has 0 saturated carbocycles. The van der Waals surface area contributed by atoms with Crippen LogP contribution in [0.5, 0.6) is 0 Å². The third kappa shape index (κ3) is 6.12. The molecular weight excluding hydrogens is 378 g/mol. The highest BCUT2D eigenvalue weighted by Crippen LogP contribution is 2.27. The van der Waals surface area contributed by atoms with Crippen LogP contribution in [0.15, 0.2) is 41.0 Å². The third-order valence-corrected chi connectivity index (χ3v) is 5.23. The van der Waals surface area contributed by atoms with E-state index in [-0.39, 0.29) is 23.8 Å². The van der Waals surface area contributed by atoms with Crippen LogP contribution in [-0.2, 0) is 11.3 Å². The smallest absolute Gasteiger partial charge is 0.290 e. The van der Waals surface area contributed by atoms with Gasteiger partial charge in [-0.05, 0) is 54.7 Å². The Hall–Kier alpha value is -2.76. The highest BCUT2D eigenvalue weighted by atomic mass is 16.3. The first-order valence-electron chi connectivity index (χ1n) is 10.5. The summed E-state index contributed by atoms with van der Waals surface area (Å²) >= 11 is 0. The Morgan fingerprint density at radius 1 is 1.07 bits per heavy atom. The van der Waals surface area contributed by atoms with Crippen LogP contribution in [0.4, 0.5) is 11.4 Å². The molecule has 6 heteroatoms. The normalized spacial score (nSPS) is 12.2. The number of benzene rings is 1. The molecule has 2 aromatic rings. The monoisotopic (exact) mass is 413 g/mol. The minimum absolute atomic E-state index is 0.00683. The Morgan fingerprint density at radius 2 is 1.77 bits per heavy atom. The number of furan rings is 1. The molecule has 164 valence electrons. The van der Waals surface area contributed by atoms with Gasteiger partial charge in [-0.3, -0.25) is 9.59 Å². The van der Waals surface area contributed by atoms with Gasteiger partial charge >= 0.3 is 0 Å². The van der Waals surface area contributed by atoms with Crippen molar-refractivity contribution in [1.29, 1.82) is 0 Å². The van der Waals surface area contributed by atoms with Crippen LogP contribution >= 0.6 is 0 Å². The van der Waals surface area contributed by atoms with Crippen molar-refractivity contribution < 1.29 is 14.0 Å². The van der Waals surface area contributed by atoms with E-state index in [0.717, 1.165) is 16.9 Å². The maximum atomic E-state index is 13.2. The molecule has 0 aliphatic heterocycles. The van der Waals surface area contributed by atoms with E-state index in [1.54, 1.807) is 12.1 Å². The summed E-state index contributed by atoms with van der Waals surface area (Å²) in [7, 11) is 3.95. The molecular formula is C24H35N3O3. The number of carbonyl (C=O) groups excluding carboxylic acids is 2. The Kier molecular flexibility index (Phi) is 8.09. The maximum absolute atomic E-state index is 13.2. The van der Waals surface area contributed by atoms with Crippen molar-refractivity contribution in [3.05, 3.63) is 47.9 Å². The van der Waals surface area contributed by atoms with Crippen LogP contribution in [0.3, 0.4) is 0 Å². The van der Waals surface area contributed by atoms with E-state index in [9.17, 15) is 9.59 Å².